The Morgan fingerprint density at radius 2 is 2.28 bits per heavy atom. The molecule has 1 heterocycles. The summed E-state index contributed by atoms with van der Waals surface area (Å²) in [7, 11) is 0. The van der Waals surface area contributed by atoms with E-state index in [2.05, 4.69) is 10.1 Å². The van der Waals surface area contributed by atoms with Crippen LogP contribution >= 0.6 is 0 Å². The smallest absolute Gasteiger partial charge is 0.258 e. The van der Waals surface area contributed by atoms with Crippen LogP contribution in [-0.4, -0.2) is 16.7 Å². The maximum absolute atomic E-state index is 13.0. The van der Waals surface area contributed by atoms with Crippen molar-refractivity contribution in [3.63, 3.8) is 0 Å². The van der Waals surface area contributed by atoms with Gasteiger partial charge in [-0.15, -0.1) is 0 Å². The van der Waals surface area contributed by atoms with Gasteiger partial charge in [0.25, 0.3) is 5.89 Å². The van der Waals surface area contributed by atoms with E-state index in [0.29, 0.717) is 23.9 Å². The SMILES string of the molecule is CCOC(C)c1noc(-c2ccc(F)c(N)c2)n1. The van der Waals surface area contributed by atoms with Crippen LogP contribution in [0.1, 0.15) is 25.8 Å². The molecule has 0 fully saturated rings. The van der Waals surface area contributed by atoms with Gasteiger partial charge in [-0.3, -0.25) is 0 Å². The normalized spacial score (nSPS) is 12.6. The minimum atomic E-state index is -0.471. The van der Waals surface area contributed by atoms with Crippen LogP contribution in [0.4, 0.5) is 10.1 Å². The van der Waals surface area contributed by atoms with Crippen molar-refractivity contribution < 1.29 is 13.7 Å². The third-order valence-electron chi connectivity index (χ3n) is 2.46. The molecular formula is C12H14FN3O2. The minimum Gasteiger partial charge on any atom is -0.396 e. The molecular weight excluding hydrogens is 237 g/mol. The zero-order valence-corrected chi connectivity index (χ0v) is 10.2. The summed E-state index contributed by atoms with van der Waals surface area (Å²) in [4.78, 5) is 4.19. The minimum absolute atomic E-state index is 0.0464. The Kier molecular flexibility index (Phi) is 3.57. The maximum atomic E-state index is 13.0. The van der Waals surface area contributed by atoms with Gasteiger partial charge in [0.15, 0.2) is 0 Å². The fourth-order valence-electron chi connectivity index (χ4n) is 1.52. The van der Waals surface area contributed by atoms with E-state index in [-0.39, 0.29) is 11.8 Å². The van der Waals surface area contributed by atoms with Crippen molar-refractivity contribution in [2.75, 3.05) is 12.3 Å². The van der Waals surface area contributed by atoms with E-state index < -0.39 is 5.82 Å². The number of rotatable bonds is 4. The number of halogens is 1. The highest BCUT2D eigenvalue weighted by Gasteiger charge is 2.15. The first-order chi connectivity index (χ1) is 8.61. The molecule has 96 valence electrons. The highest BCUT2D eigenvalue weighted by Crippen LogP contribution is 2.23. The number of benzene rings is 1. The molecule has 0 spiro atoms. The molecule has 2 rings (SSSR count). The molecule has 1 atom stereocenters. The first kappa shape index (κ1) is 12.5. The van der Waals surface area contributed by atoms with Crippen LogP contribution in [0, 0.1) is 5.82 Å². The van der Waals surface area contributed by atoms with Crippen LogP contribution in [0.15, 0.2) is 22.7 Å². The number of hydrogen-bond donors (Lipinski definition) is 1. The molecule has 1 aromatic heterocycles. The third-order valence-corrected chi connectivity index (χ3v) is 2.46. The van der Waals surface area contributed by atoms with Crippen LogP contribution in [0.25, 0.3) is 11.5 Å². The second-order valence-corrected chi connectivity index (χ2v) is 3.79. The van der Waals surface area contributed by atoms with Crippen LogP contribution in [0.5, 0.6) is 0 Å². The Labute approximate surface area is 104 Å². The number of nitrogens with two attached hydrogens (primary N) is 1. The number of nitrogens with zero attached hydrogens (tertiary/aromatic N) is 2. The van der Waals surface area contributed by atoms with Gasteiger partial charge < -0.3 is 15.0 Å². The molecule has 0 aliphatic heterocycles. The van der Waals surface area contributed by atoms with Crippen molar-refractivity contribution in [2.24, 2.45) is 0 Å². The zero-order chi connectivity index (χ0) is 13.1. The Hall–Kier alpha value is -1.95. The van der Waals surface area contributed by atoms with E-state index in [1.807, 2.05) is 13.8 Å². The van der Waals surface area contributed by atoms with Crippen molar-refractivity contribution in [3.8, 4) is 11.5 Å². The van der Waals surface area contributed by atoms with Gasteiger partial charge in [-0.1, -0.05) is 5.16 Å². The highest BCUT2D eigenvalue weighted by molar-refractivity contribution is 5.60. The van der Waals surface area contributed by atoms with E-state index >= 15 is 0 Å². The molecule has 2 N–H and O–H groups in total. The molecule has 18 heavy (non-hydrogen) atoms. The fraction of sp³-hybridized carbons (Fsp3) is 0.333. The van der Waals surface area contributed by atoms with Gasteiger partial charge in [-0.05, 0) is 32.0 Å². The Balaban J connectivity index is 2.26. The van der Waals surface area contributed by atoms with Crippen LogP contribution in [-0.2, 0) is 4.74 Å². The number of anilines is 1. The lowest BCUT2D eigenvalue weighted by Gasteiger charge is -2.04. The summed E-state index contributed by atoms with van der Waals surface area (Å²) in [6, 6.07) is 4.26. The molecule has 0 bridgehead atoms. The Morgan fingerprint density at radius 3 is 2.94 bits per heavy atom. The number of aromatic nitrogens is 2. The largest absolute Gasteiger partial charge is 0.396 e. The number of ether oxygens (including phenoxy) is 1. The van der Waals surface area contributed by atoms with E-state index in [9.17, 15) is 4.39 Å². The van der Waals surface area contributed by atoms with Crippen LogP contribution in [0.2, 0.25) is 0 Å². The van der Waals surface area contributed by atoms with Crippen molar-refractivity contribution >= 4 is 5.69 Å². The molecule has 0 radical (unpaired) electrons. The van der Waals surface area contributed by atoms with Gasteiger partial charge in [0.2, 0.25) is 5.82 Å². The molecule has 1 aromatic carbocycles. The van der Waals surface area contributed by atoms with Gasteiger partial charge in [-0.2, -0.15) is 4.98 Å². The summed E-state index contributed by atoms with van der Waals surface area (Å²) in [5, 5.41) is 3.82. The summed E-state index contributed by atoms with van der Waals surface area (Å²) in [6.07, 6.45) is -0.245. The monoisotopic (exact) mass is 251 g/mol. The lowest BCUT2D eigenvalue weighted by atomic mass is 10.2. The predicted molar refractivity (Wildman–Crippen MR) is 64.1 cm³/mol. The molecule has 5 nitrogen and oxygen atoms in total. The lowest BCUT2D eigenvalue weighted by molar-refractivity contribution is 0.0683. The van der Waals surface area contributed by atoms with E-state index in [1.54, 1.807) is 0 Å². The van der Waals surface area contributed by atoms with Crippen molar-refractivity contribution in [1.29, 1.82) is 0 Å². The Bertz CT molecular complexity index is 542. The molecule has 2 aromatic rings. The summed E-state index contributed by atoms with van der Waals surface area (Å²) in [6.45, 7) is 4.28. The van der Waals surface area contributed by atoms with Crippen LogP contribution < -0.4 is 5.73 Å². The summed E-state index contributed by atoms with van der Waals surface area (Å²) in [5.74, 6) is 0.277. The van der Waals surface area contributed by atoms with Gasteiger partial charge in [-0.25, -0.2) is 4.39 Å². The number of nitrogen functional groups attached to an aromatic ring is 1. The van der Waals surface area contributed by atoms with Crippen molar-refractivity contribution in [2.45, 2.75) is 20.0 Å². The maximum Gasteiger partial charge on any atom is 0.258 e. The molecule has 0 aliphatic carbocycles. The summed E-state index contributed by atoms with van der Waals surface area (Å²) < 4.78 is 23.5. The van der Waals surface area contributed by atoms with E-state index in [0.717, 1.165) is 0 Å². The lowest BCUT2D eigenvalue weighted by Crippen LogP contribution is -2.01. The van der Waals surface area contributed by atoms with Gasteiger partial charge in [0, 0.05) is 12.2 Å². The molecule has 0 aliphatic rings. The van der Waals surface area contributed by atoms with Crippen molar-refractivity contribution in [3.05, 3.63) is 29.8 Å². The quantitative estimate of drug-likeness (QED) is 0.845. The third kappa shape index (κ3) is 2.48. The fourth-order valence-corrected chi connectivity index (χ4v) is 1.52. The average Bonchev–Trinajstić information content (AvgIpc) is 2.82. The van der Waals surface area contributed by atoms with Crippen LogP contribution in [0.3, 0.4) is 0 Å². The molecule has 6 heteroatoms. The molecule has 1 unspecified atom stereocenters. The summed E-state index contributed by atoms with van der Waals surface area (Å²) >= 11 is 0. The van der Waals surface area contributed by atoms with Crippen molar-refractivity contribution in [1.82, 2.24) is 10.1 Å². The predicted octanol–water partition coefficient (Wildman–Crippen LogP) is 2.56. The zero-order valence-electron chi connectivity index (χ0n) is 10.2. The van der Waals surface area contributed by atoms with Gasteiger partial charge in [0.1, 0.15) is 11.9 Å². The second kappa shape index (κ2) is 5.14. The van der Waals surface area contributed by atoms with Gasteiger partial charge in [0.05, 0.1) is 5.69 Å². The topological polar surface area (TPSA) is 74.2 Å². The molecule has 0 amide bonds. The molecule has 0 saturated heterocycles. The first-order valence-corrected chi connectivity index (χ1v) is 5.62. The Morgan fingerprint density at radius 1 is 1.50 bits per heavy atom. The second-order valence-electron chi connectivity index (χ2n) is 3.79. The molecule has 0 saturated carbocycles. The van der Waals surface area contributed by atoms with Gasteiger partial charge >= 0.3 is 0 Å². The van der Waals surface area contributed by atoms with E-state index in [4.69, 9.17) is 15.0 Å². The first-order valence-electron chi connectivity index (χ1n) is 5.62. The summed E-state index contributed by atoms with van der Waals surface area (Å²) in [5.41, 5.74) is 6.11. The average molecular weight is 251 g/mol. The standard InChI is InChI=1S/C12H14FN3O2/c1-3-17-7(2)11-15-12(18-16-11)8-4-5-9(13)10(14)6-8/h4-7H,3,14H2,1-2H3. The number of hydrogen-bond acceptors (Lipinski definition) is 5. The van der Waals surface area contributed by atoms with E-state index in [1.165, 1.54) is 18.2 Å². The highest BCUT2D eigenvalue weighted by atomic mass is 19.1.